The van der Waals surface area contributed by atoms with Gasteiger partial charge in [-0.2, -0.15) is 0 Å². The van der Waals surface area contributed by atoms with E-state index in [0.717, 1.165) is 12.1 Å². The van der Waals surface area contributed by atoms with Crippen molar-refractivity contribution in [2.75, 3.05) is 20.3 Å². The minimum Gasteiger partial charge on any atom is -0.385 e. The Morgan fingerprint density at radius 2 is 2.05 bits per heavy atom. The number of halogens is 2. The van der Waals surface area contributed by atoms with Gasteiger partial charge in [0.2, 0.25) is 10.0 Å². The number of sulfonamides is 1. The molecule has 108 valence electrons. The van der Waals surface area contributed by atoms with E-state index in [2.05, 4.69) is 4.72 Å². The van der Waals surface area contributed by atoms with Crippen LogP contribution in [0.3, 0.4) is 0 Å². The largest absolute Gasteiger partial charge is 0.385 e. The van der Waals surface area contributed by atoms with Gasteiger partial charge in [0.15, 0.2) is 11.6 Å². The highest BCUT2D eigenvalue weighted by atomic mass is 32.2. The Morgan fingerprint density at radius 1 is 1.37 bits per heavy atom. The average molecular weight is 294 g/mol. The molecular formula is C11H16F2N2O3S. The second-order valence-corrected chi connectivity index (χ2v) is 5.57. The van der Waals surface area contributed by atoms with Crippen molar-refractivity contribution in [2.45, 2.75) is 17.9 Å². The molecule has 0 aromatic heterocycles. The molecule has 0 radical (unpaired) electrons. The van der Waals surface area contributed by atoms with Crippen LogP contribution in [-0.2, 0) is 21.3 Å². The van der Waals surface area contributed by atoms with Crippen LogP contribution in [0, 0.1) is 11.6 Å². The van der Waals surface area contributed by atoms with Crippen LogP contribution in [0.25, 0.3) is 0 Å². The summed E-state index contributed by atoms with van der Waals surface area (Å²) in [7, 11) is -2.62. The lowest BCUT2D eigenvalue weighted by Crippen LogP contribution is -2.27. The maximum atomic E-state index is 13.5. The van der Waals surface area contributed by atoms with Crippen LogP contribution in [0.1, 0.15) is 12.0 Å². The van der Waals surface area contributed by atoms with E-state index >= 15 is 0 Å². The van der Waals surface area contributed by atoms with Gasteiger partial charge in [0.25, 0.3) is 0 Å². The molecule has 0 spiro atoms. The zero-order valence-electron chi connectivity index (χ0n) is 10.4. The number of ether oxygens (including phenoxy) is 1. The molecule has 1 aromatic carbocycles. The van der Waals surface area contributed by atoms with Crippen LogP contribution in [0.2, 0.25) is 0 Å². The van der Waals surface area contributed by atoms with Crippen molar-refractivity contribution < 1.29 is 21.9 Å². The summed E-state index contributed by atoms with van der Waals surface area (Å²) < 4.78 is 57.4. The van der Waals surface area contributed by atoms with Crippen LogP contribution in [0.15, 0.2) is 17.0 Å². The van der Waals surface area contributed by atoms with Crippen molar-refractivity contribution >= 4 is 10.0 Å². The molecule has 5 nitrogen and oxygen atoms in total. The van der Waals surface area contributed by atoms with E-state index in [4.69, 9.17) is 10.5 Å². The molecule has 0 unspecified atom stereocenters. The SMILES string of the molecule is COCCCNS(=O)(=O)c1cc(CN)cc(F)c1F. The Morgan fingerprint density at radius 3 is 2.63 bits per heavy atom. The van der Waals surface area contributed by atoms with E-state index in [-0.39, 0.29) is 18.7 Å². The molecule has 8 heteroatoms. The maximum absolute atomic E-state index is 13.5. The fourth-order valence-electron chi connectivity index (χ4n) is 1.43. The molecule has 0 aliphatic heterocycles. The van der Waals surface area contributed by atoms with Crippen LogP contribution >= 0.6 is 0 Å². The summed E-state index contributed by atoms with van der Waals surface area (Å²) in [4.78, 5) is -0.731. The van der Waals surface area contributed by atoms with Gasteiger partial charge >= 0.3 is 0 Å². The van der Waals surface area contributed by atoms with Gasteiger partial charge in [0, 0.05) is 26.8 Å². The number of hydrogen-bond donors (Lipinski definition) is 2. The van der Waals surface area contributed by atoms with Crippen LogP contribution in [0.5, 0.6) is 0 Å². The Hall–Kier alpha value is -1.09. The normalized spacial score (nSPS) is 11.8. The zero-order valence-corrected chi connectivity index (χ0v) is 11.3. The molecule has 0 saturated heterocycles. The lowest BCUT2D eigenvalue weighted by molar-refractivity contribution is 0.196. The first-order valence-electron chi connectivity index (χ1n) is 5.59. The molecule has 0 aliphatic carbocycles. The molecule has 0 heterocycles. The van der Waals surface area contributed by atoms with Gasteiger partial charge in [-0.1, -0.05) is 0 Å². The van der Waals surface area contributed by atoms with E-state index in [0.29, 0.717) is 13.0 Å². The zero-order chi connectivity index (χ0) is 14.5. The molecule has 19 heavy (non-hydrogen) atoms. The first-order valence-corrected chi connectivity index (χ1v) is 7.07. The Bertz CT molecular complexity index is 535. The van der Waals surface area contributed by atoms with Crippen molar-refractivity contribution in [3.8, 4) is 0 Å². The molecule has 3 N–H and O–H groups in total. The molecule has 0 bridgehead atoms. The average Bonchev–Trinajstić information content (AvgIpc) is 2.37. The van der Waals surface area contributed by atoms with Crippen LogP contribution < -0.4 is 10.5 Å². The molecule has 0 fully saturated rings. The topological polar surface area (TPSA) is 81.4 Å². The minimum absolute atomic E-state index is 0.0735. The fraction of sp³-hybridized carbons (Fsp3) is 0.455. The summed E-state index contributed by atoms with van der Waals surface area (Å²) in [6.07, 6.45) is 0.427. The van der Waals surface area contributed by atoms with Gasteiger partial charge in [0.05, 0.1) is 0 Å². The van der Waals surface area contributed by atoms with Gasteiger partial charge in [-0.15, -0.1) is 0 Å². The third kappa shape index (κ3) is 4.20. The summed E-state index contributed by atoms with van der Waals surface area (Å²) >= 11 is 0. The lowest BCUT2D eigenvalue weighted by Gasteiger charge is -2.09. The van der Waals surface area contributed by atoms with Crippen LogP contribution in [0.4, 0.5) is 8.78 Å². The van der Waals surface area contributed by atoms with E-state index in [1.165, 1.54) is 7.11 Å². The quantitative estimate of drug-likeness (QED) is 0.727. The van der Waals surface area contributed by atoms with Crippen LogP contribution in [-0.4, -0.2) is 28.7 Å². The highest BCUT2D eigenvalue weighted by molar-refractivity contribution is 7.89. The highest BCUT2D eigenvalue weighted by Gasteiger charge is 2.22. The van der Waals surface area contributed by atoms with Crippen molar-refractivity contribution in [3.05, 3.63) is 29.3 Å². The van der Waals surface area contributed by atoms with E-state index in [9.17, 15) is 17.2 Å². The smallest absolute Gasteiger partial charge is 0.243 e. The second-order valence-electron chi connectivity index (χ2n) is 3.84. The second kappa shape index (κ2) is 6.90. The molecule has 1 rings (SSSR count). The van der Waals surface area contributed by atoms with Gasteiger partial charge in [-0.3, -0.25) is 0 Å². The van der Waals surface area contributed by atoms with Gasteiger partial charge in [-0.05, 0) is 24.1 Å². The lowest BCUT2D eigenvalue weighted by atomic mass is 10.2. The molecular weight excluding hydrogens is 278 g/mol. The molecule has 1 aromatic rings. The Kier molecular flexibility index (Phi) is 5.80. The fourth-order valence-corrected chi connectivity index (χ4v) is 2.64. The molecule has 0 atom stereocenters. The number of hydrogen-bond acceptors (Lipinski definition) is 4. The predicted octanol–water partition coefficient (Wildman–Crippen LogP) is 0.738. The van der Waals surface area contributed by atoms with E-state index < -0.39 is 26.6 Å². The number of methoxy groups -OCH3 is 1. The predicted molar refractivity (Wildman–Crippen MR) is 65.9 cm³/mol. The van der Waals surface area contributed by atoms with Gasteiger partial charge in [0.1, 0.15) is 4.90 Å². The van der Waals surface area contributed by atoms with Crippen molar-refractivity contribution in [1.82, 2.24) is 4.72 Å². The van der Waals surface area contributed by atoms with Crippen molar-refractivity contribution in [1.29, 1.82) is 0 Å². The molecule has 0 aliphatic rings. The third-order valence-electron chi connectivity index (χ3n) is 2.40. The van der Waals surface area contributed by atoms with E-state index in [1.54, 1.807) is 0 Å². The van der Waals surface area contributed by atoms with Gasteiger partial charge < -0.3 is 10.5 Å². The maximum Gasteiger partial charge on any atom is 0.243 e. The summed E-state index contributed by atoms with van der Waals surface area (Å²) in [6, 6.07) is 1.90. The van der Waals surface area contributed by atoms with Crippen molar-refractivity contribution in [3.63, 3.8) is 0 Å². The molecule has 0 amide bonds. The Labute approximate surface area is 110 Å². The van der Waals surface area contributed by atoms with Gasteiger partial charge in [-0.25, -0.2) is 21.9 Å². The first kappa shape index (κ1) is 16.0. The highest BCUT2D eigenvalue weighted by Crippen LogP contribution is 2.19. The number of benzene rings is 1. The summed E-state index contributed by atoms with van der Waals surface area (Å²) in [5.41, 5.74) is 5.50. The number of nitrogens with one attached hydrogen (secondary N) is 1. The van der Waals surface area contributed by atoms with E-state index in [1.807, 2.05) is 0 Å². The number of nitrogens with two attached hydrogens (primary N) is 1. The third-order valence-corrected chi connectivity index (χ3v) is 3.86. The first-order chi connectivity index (χ1) is 8.92. The van der Waals surface area contributed by atoms with Crippen molar-refractivity contribution in [2.24, 2.45) is 5.73 Å². The summed E-state index contributed by atoms with van der Waals surface area (Å²) in [6.45, 7) is 0.357. The Balaban J connectivity index is 2.97. The minimum atomic E-state index is -4.10. The summed E-state index contributed by atoms with van der Waals surface area (Å²) in [5, 5.41) is 0. The standard InChI is InChI=1S/C11H16F2N2O3S/c1-18-4-2-3-15-19(16,17)10-6-8(7-14)5-9(12)11(10)13/h5-6,15H,2-4,7,14H2,1H3. The number of rotatable bonds is 7. The molecule has 0 saturated carbocycles. The summed E-state index contributed by atoms with van der Waals surface area (Å²) in [5.74, 6) is -2.64. The monoisotopic (exact) mass is 294 g/mol.